The van der Waals surface area contributed by atoms with E-state index in [0.29, 0.717) is 5.92 Å². The van der Waals surface area contributed by atoms with Gasteiger partial charge in [0.05, 0.1) is 0 Å². The number of aliphatic hydroxyl groups excluding tert-OH is 1. The standard InChI is InChI=1S/C24H26ClN3O2/c1-15(29)24(30-23-4-2-3-21-18(23)7-10-26-21)28-11-8-16(9-12-28)20-14-27-22-6-5-17(25)13-19(20)22/h2-7,10,13-16,24,26-27,29H,8-9,11-12H2,1H3. The van der Waals surface area contributed by atoms with Gasteiger partial charge >= 0.3 is 0 Å². The average Bonchev–Trinajstić information content (AvgIpc) is 3.39. The van der Waals surface area contributed by atoms with E-state index in [9.17, 15) is 5.11 Å². The van der Waals surface area contributed by atoms with Gasteiger partial charge in [-0.2, -0.15) is 0 Å². The number of hydrogen-bond acceptors (Lipinski definition) is 3. The maximum atomic E-state index is 10.5. The van der Waals surface area contributed by atoms with Crippen LogP contribution in [0.4, 0.5) is 0 Å². The third-order valence-corrected chi connectivity index (χ3v) is 6.46. The van der Waals surface area contributed by atoms with Crippen molar-refractivity contribution in [3.05, 3.63) is 65.4 Å². The predicted octanol–water partition coefficient (Wildman–Crippen LogP) is 5.27. The zero-order valence-corrected chi connectivity index (χ0v) is 17.7. The van der Waals surface area contributed by atoms with Crippen LogP contribution in [-0.2, 0) is 0 Å². The van der Waals surface area contributed by atoms with Crippen molar-refractivity contribution in [1.82, 2.24) is 14.9 Å². The molecular weight excluding hydrogens is 398 g/mol. The quantitative estimate of drug-likeness (QED) is 0.410. The van der Waals surface area contributed by atoms with E-state index in [2.05, 4.69) is 21.1 Å². The van der Waals surface area contributed by atoms with Crippen LogP contribution in [0.5, 0.6) is 5.75 Å². The van der Waals surface area contributed by atoms with Crippen molar-refractivity contribution in [1.29, 1.82) is 0 Å². The Labute approximate surface area is 180 Å². The summed E-state index contributed by atoms with van der Waals surface area (Å²) in [5, 5.41) is 13.5. The number of piperidine rings is 1. The highest BCUT2D eigenvalue weighted by Gasteiger charge is 2.31. The lowest BCUT2D eigenvalue weighted by atomic mass is 9.89. The van der Waals surface area contributed by atoms with Gasteiger partial charge in [0.1, 0.15) is 11.9 Å². The van der Waals surface area contributed by atoms with Gasteiger partial charge < -0.3 is 19.8 Å². The SMILES string of the molecule is CC(O)C(Oc1cccc2[nH]ccc12)N1CCC(c2c[nH]c3ccc(Cl)cc23)CC1. The van der Waals surface area contributed by atoms with E-state index in [4.69, 9.17) is 16.3 Å². The molecule has 2 unspecified atom stereocenters. The van der Waals surface area contributed by atoms with Gasteiger partial charge in [0.25, 0.3) is 0 Å². The summed E-state index contributed by atoms with van der Waals surface area (Å²) in [7, 11) is 0. The molecule has 2 aromatic heterocycles. The zero-order valence-electron chi connectivity index (χ0n) is 16.9. The Balaban J connectivity index is 1.32. The molecule has 3 N–H and O–H groups in total. The lowest BCUT2D eigenvalue weighted by Gasteiger charge is -2.38. The van der Waals surface area contributed by atoms with Crippen LogP contribution >= 0.6 is 11.6 Å². The smallest absolute Gasteiger partial charge is 0.178 e. The minimum Gasteiger partial charge on any atom is -0.472 e. The minimum absolute atomic E-state index is 0.371. The molecule has 5 rings (SSSR count). The van der Waals surface area contributed by atoms with E-state index in [0.717, 1.165) is 53.1 Å². The maximum absolute atomic E-state index is 10.5. The Morgan fingerprint density at radius 2 is 1.87 bits per heavy atom. The highest BCUT2D eigenvalue weighted by molar-refractivity contribution is 6.31. The first kappa shape index (κ1) is 19.5. The molecule has 0 saturated carbocycles. The van der Waals surface area contributed by atoms with Gasteiger partial charge in [0.2, 0.25) is 0 Å². The van der Waals surface area contributed by atoms with Crippen molar-refractivity contribution < 1.29 is 9.84 Å². The van der Waals surface area contributed by atoms with Crippen LogP contribution < -0.4 is 4.74 Å². The Bertz CT molecular complexity index is 1160. The lowest BCUT2D eigenvalue weighted by Crippen LogP contribution is -2.49. The molecule has 0 spiro atoms. The molecule has 3 heterocycles. The first-order valence-corrected chi connectivity index (χ1v) is 10.9. The van der Waals surface area contributed by atoms with Crippen LogP contribution in [0.3, 0.4) is 0 Å². The fourth-order valence-electron chi connectivity index (χ4n) is 4.68. The Hall–Kier alpha value is -2.47. The van der Waals surface area contributed by atoms with Crippen LogP contribution in [0, 0.1) is 0 Å². The summed E-state index contributed by atoms with van der Waals surface area (Å²) < 4.78 is 6.33. The summed E-state index contributed by atoms with van der Waals surface area (Å²) in [5.41, 5.74) is 3.49. The largest absolute Gasteiger partial charge is 0.472 e. The molecule has 0 amide bonds. The minimum atomic E-state index is -0.595. The molecule has 156 valence electrons. The van der Waals surface area contributed by atoms with Crippen molar-refractivity contribution in [3.8, 4) is 5.75 Å². The third kappa shape index (κ3) is 3.58. The average molecular weight is 424 g/mol. The number of aromatic nitrogens is 2. The number of nitrogens with zero attached hydrogens (tertiary/aromatic N) is 1. The molecule has 1 saturated heterocycles. The number of H-pyrrole nitrogens is 2. The fraction of sp³-hybridized carbons (Fsp3) is 0.333. The number of benzene rings is 2. The second kappa shape index (κ2) is 7.99. The van der Waals surface area contributed by atoms with E-state index >= 15 is 0 Å². The van der Waals surface area contributed by atoms with E-state index in [1.807, 2.05) is 48.7 Å². The van der Waals surface area contributed by atoms with Gasteiger partial charge in [0.15, 0.2) is 6.23 Å². The van der Waals surface area contributed by atoms with Gasteiger partial charge in [-0.3, -0.25) is 4.90 Å². The Morgan fingerprint density at radius 1 is 1.07 bits per heavy atom. The lowest BCUT2D eigenvalue weighted by molar-refractivity contribution is -0.0663. The molecule has 0 radical (unpaired) electrons. The van der Waals surface area contributed by atoms with Gasteiger partial charge in [-0.25, -0.2) is 0 Å². The van der Waals surface area contributed by atoms with Crippen molar-refractivity contribution >= 4 is 33.4 Å². The van der Waals surface area contributed by atoms with Gasteiger partial charge in [-0.1, -0.05) is 17.7 Å². The number of fused-ring (bicyclic) bond motifs is 2. The molecule has 2 aromatic carbocycles. The fourth-order valence-corrected chi connectivity index (χ4v) is 4.86. The Morgan fingerprint density at radius 3 is 2.67 bits per heavy atom. The second-order valence-electron chi connectivity index (χ2n) is 8.19. The molecule has 1 aliphatic rings. The van der Waals surface area contributed by atoms with Gasteiger partial charge in [-0.05, 0) is 67.6 Å². The number of aliphatic hydroxyl groups is 1. The third-order valence-electron chi connectivity index (χ3n) is 6.22. The second-order valence-corrected chi connectivity index (χ2v) is 8.62. The normalized spacial score (nSPS) is 18.1. The molecule has 5 nitrogen and oxygen atoms in total. The molecule has 0 bridgehead atoms. The topological polar surface area (TPSA) is 64.3 Å². The van der Waals surface area contributed by atoms with Gasteiger partial charge in [-0.15, -0.1) is 0 Å². The monoisotopic (exact) mass is 423 g/mol. The van der Waals surface area contributed by atoms with Crippen molar-refractivity contribution in [2.45, 2.75) is 38.0 Å². The highest BCUT2D eigenvalue weighted by atomic mass is 35.5. The van der Waals surface area contributed by atoms with E-state index in [-0.39, 0.29) is 6.23 Å². The van der Waals surface area contributed by atoms with Gasteiger partial charge in [0, 0.05) is 52.3 Å². The zero-order chi connectivity index (χ0) is 20.7. The summed E-state index contributed by atoms with van der Waals surface area (Å²) in [6, 6.07) is 14.0. The van der Waals surface area contributed by atoms with Crippen molar-refractivity contribution in [3.63, 3.8) is 0 Å². The summed E-state index contributed by atoms with van der Waals surface area (Å²) >= 11 is 6.23. The maximum Gasteiger partial charge on any atom is 0.178 e. The number of ether oxygens (including phenoxy) is 1. The summed E-state index contributed by atoms with van der Waals surface area (Å²) in [4.78, 5) is 8.84. The molecule has 4 aromatic rings. The molecular formula is C24H26ClN3O2. The van der Waals surface area contributed by atoms with Crippen LogP contribution in [0.2, 0.25) is 5.02 Å². The molecule has 6 heteroatoms. The van der Waals surface area contributed by atoms with Crippen LogP contribution in [0.15, 0.2) is 54.9 Å². The van der Waals surface area contributed by atoms with E-state index in [1.54, 1.807) is 6.92 Å². The number of aromatic amines is 2. The number of rotatable bonds is 5. The van der Waals surface area contributed by atoms with Crippen LogP contribution in [0.1, 0.15) is 31.2 Å². The first-order chi connectivity index (χ1) is 14.6. The molecule has 2 atom stereocenters. The first-order valence-electron chi connectivity index (χ1n) is 10.5. The van der Waals surface area contributed by atoms with E-state index in [1.165, 1.54) is 10.9 Å². The highest BCUT2D eigenvalue weighted by Crippen LogP contribution is 2.35. The molecule has 0 aliphatic carbocycles. The summed E-state index contributed by atoms with van der Waals surface area (Å²) in [5.74, 6) is 1.27. The number of hydrogen-bond donors (Lipinski definition) is 3. The number of likely N-dealkylation sites (tertiary alicyclic amines) is 1. The van der Waals surface area contributed by atoms with E-state index < -0.39 is 6.10 Å². The summed E-state index contributed by atoms with van der Waals surface area (Å²) in [6.07, 6.45) is 5.09. The molecule has 30 heavy (non-hydrogen) atoms. The van der Waals surface area contributed by atoms with Crippen LogP contribution in [0.25, 0.3) is 21.8 Å². The number of nitrogens with one attached hydrogen (secondary N) is 2. The molecule has 1 fully saturated rings. The van der Waals surface area contributed by atoms with Crippen molar-refractivity contribution in [2.75, 3.05) is 13.1 Å². The predicted molar refractivity (Wildman–Crippen MR) is 121 cm³/mol. The van der Waals surface area contributed by atoms with Crippen molar-refractivity contribution in [2.24, 2.45) is 0 Å². The Kier molecular flexibility index (Phi) is 5.19. The number of halogens is 1. The molecule has 1 aliphatic heterocycles. The van der Waals surface area contributed by atoms with Crippen LogP contribution in [-0.4, -0.2) is 45.4 Å². The summed E-state index contributed by atoms with van der Waals surface area (Å²) in [6.45, 7) is 3.54.